The molecule has 0 bridgehead atoms. The minimum absolute atomic E-state index is 0.122. The lowest BCUT2D eigenvalue weighted by atomic mass is 9.99. The first-order chi connectivity index (χ1) is 9.17. The monoisotopic (exact) mass is 269 g/mol. The van der Waals surface area contributed by atoms with E-state index >= 15 is 0 Å². The number of hydrogen-bond donors (Lipinski definition) is 0. The predicted octanol–water partition coefficient (Wildman–Crippen LogP) is 2.76. The van der Waals surface area contributed by atoms with E-state index in [2.05, 4.69) is 6.92 Å². The number of hydrogen-bond acceptors (Lipinski definition) is 3. The van der Waals surface area contributed by atoms with Crippen LogP contribution in [0.4, 0.5) is 0 Å². The maximum absolute atomic E-state index is 11.9. The van der Waals surface area contributed by atoms with Crippen LogP contribution in [0.3, 0.4) is 0 Å². The number of carbonyl (C=O) groups is 2. The van der Waals surface area contributed by atoms with Gasteiger partial charge >= 0.3 is 5.97 Å². The van der Waals surface area contributed by atoms with Crippen LogP contribution < -0.4 is 0 Å². The molecule has 1 aliphatic rings. The van der Waals surface area contributed by atoms with E-state index < -0.39 is 0 Å². The molecule has 1 unspecified atom stereocenters. The lowest BCUT2D eigenvalue weighted by molar-refractivity contribution is -0.143. The van der Waals surface area contributed by atoms with Crippen molar-refractivity contribution in [1.82, 2.24) is 4.90 Å². The molecule has 0 spiro atoms. The van der Waals surface area contributed by atoms with Crippen LogP contribution in [0.5, 0.6) is 0 Å². The number of likely N-dealkylation sites (tertiary alicyclic amines) is 1. The number of carbonyl (C=O) groups excluding carboxylic acids is 2. The minimum atomic E-state index is -0.122. The summed E-state index contributed by atoms with van der Waals surface area (Å²) in [6.45, 7) is 6.08. The number of amides is 1. The maximum atomic E-state index is 11.9. The van der Waals surface area contributed by atoms with Crippen LogP contribution in [0, 0.1) is 5.92 Å². The van der Waals surface area contributed by atoms with E-state index in [1.54, 1.807) is 0 Å². The predicted molar refractivity (Wildman–Crippen MR) is 74.7 cm³/mol. The van der Waals surface area contributed by atoms with Crippen molar-refractivity contribution < 1.29 is 14.3 Å². The highest BCUT2D eigenvalue weighted by Crippen LogP contribution is 2.18. The average molecular weight is 269 g/mol. The van der Waals surface area contributed by atoms with Gasteiger partial charge in [-0.2, -0.15) is 0 Å². The largest absolute Gasteiger partial charge is 0.466 e. The van der Waals surface area contributed by atoms with Gasteiger partial charge in [-0.3, -0.25) is 9.59 Å². The first-order valence-corrected chi connectivity index (χ1v) is 7.60. The van der Waals surface area contributed by atoms with Gasteiger partial charge in [0.05, 0.1) is 6.61 Å². The quantitative estimate of drug-likeness (QED) is 0.668. The van der Waals surface area contributed by atoms with E-state index in [1.807, 2.05) is 11.8 Å². The van der Waals surface area contributed by atoms with Crippen molar-refractivity contribution in [3.63, 3.8) is 0 Å². The number of rotatable bonds is 7. The summed E-state index contributed by atoms with van der Waals surface area (Å²) >= 11 is 0. The summed E-state index contributed by atoms with van der Waals surface area (Å²) in [6, 6.07) is 0. The molecule has 1 saturated heterocycles. The summed E-state index contributed by atoms with van der Waals surface area (Å²) in [5.74, 6) is 0.571. The third kappa shape index (κ3) is 6.08. The average Bonchev–Trinajstić information content (AvgIpc) is 2.60. The van der Waals surface area contributed by atoms with Gasteiger partial charge in [-0.1, -0.05) is 19.8 Å². The fourth-order valence-electron chi connectivity index (χ4n) is 2.52. The third-order valence-electron chi connectivity index (χ3n) is 3.79. The van der Waals surface area contributed by atoms with Crippen LogP contribution in [0.2, 0.25) is 0 Å². The Bertz CT molecular complexity index is 291. The van der Waals surface area contributed by atoms with Crippen molar-refractivity contribution in [3.05, 3.63) is 0 Å². The lowest BCUT2D eigenvalue weighted by Crippen LogP contribution is -2.35. The minimum Gasteiger partial charge on any atom is -0.466 e. The molecule has 1 fully saturated rings. The van der Waals surface area contributed by atoms with Gasteiger partial charge in [0.2, 0.25) is 5.91 Å². The van der Waals surface area contributed by atoms with Crippen LogP contribution in [0.15, 0.2) is 0 Å². The molecule has 1 rings (SSSR count). The van der Waals surface area contributed by atoms with E-state index in [4.69, 9.17) is 4.74 Å². The molecule has 1 atom stereocenters. The van der Waals surface area contributed by atoms with Crippen molar-refractivity contribution in [2.75, 3.05) is 19.7 Å². The summed E-state index contributed by atoms with van der Waals surface area (Å²) < 4.78 is 4.95. The fourth-order valence-corrected chi connectivity index (χ4v) is 2.52. The smallest absolute Gasteiger partial charge is 0.305 e. The van der Waals surface area contributed by atoms with E-state index in [9.17, 15) is 9.59 Å². The van der Waals surface area contributed by atoms with Crippen LogP contribution in [0.25, 0.3) is 0 Å². The number of esters is 1. The molecule has 0 saturated carbocycles. The summed E-state index contributed by atoms with van der Waals surface area (Å²) in [5.41, 5.74) is 0. The molecular formula is C15H27NO3. The highest BCUT2D eigenvalue weighted by molar-refractivity contribution is 5.76. The van der Waals surface area contributed by atoms with Crippen LogP contribution in [-0.2, 0) is 14.3 Å². The standard InChI is InChI=1S/C15H27NO3/c1-3-13(9-10-15(18)19-4-2)12-16-11-7-5-6-8-14(16)17/h13H,3-12H2,1-2H3. The zero-order chi connectivity index (χ0) is 14.1. The molecule has 0 aromatic heterocycles. The molecule has 1 aliphatic heterocycles. The Hall–Kier alpha value is -1.06. The number of ether oxygens (including phenoxy) is 1. The Labute approximate surface area is 116 Å². The summed E-state index contributed by atoms with van der Waals surface area (Å²) in [7, 11) is 0. The second-order valence-corrected chi connectivity index (χ2v) is 5.27. The molecule has 0 N–H and O–H groups in total. The highest BCUT2D eigenvalue weighted by Gasteiger charge is 2.20. The molecule has 0 aliphatic carbocycles. The third-order valence-corrected chi connectivity index (χ3v) is 3.79. The van der Waals surface area contributed by atoms with Gasteiger partial charge < -0.3 is 9.64 Å². The summed E-state index contributed by atoms with van der Waals surface area (Å²) in [5, 5.41) is 0. The van der Waals surface area contributed by atoms with E-state index in [0.717, 1.165) is 45.2 Å². The van der Waals surface area contributed by atoms with Crippen molar-refractivity contribution in [3.8, 4) is 0 Å². The second-order valence-electron chi connectivity index (χ2n) is 5.27. The molecule has 4 nitrogen and oxygen atoms in total. The Balaban J connectivity index is 2.37. The maximum Gasteiger partial charge on any atom is 0.305 e. The first-order valence-electron chi connectivity index (χ1n) is 7.60. The molecule has 19 heavy (non-hydrogen) atoms. The Morgan fingerprint density at radius 3 is 2.79 bits per heavy atom. The van der Waals surface area contributed by atoms with E-state index in [1.165, 1.54) is 0 Å². The van der Waals surface area contributed by atoms with Crippen molar-refractivity contribution in [2.24, 2.45) is 5.92 Å². The molecule has 0 aromatic rings. The van der Waals surface area contributed by atoms with E-state index in [0.29, 0.717) is 25.4 Å². The SMILES string of the molecule is CCOC(=O)CCC(CC)CN1CCCCCC1=O. The van der Waals surface area contributed by atoms with Gasteiger partial charge in [-0.15, -0.1) is 0 Å². The van der Waals surface area contributed by atoms with Gasteiger partial charge in [0, 0.05) is 25.9 Å². The topological polar surface area (TPSA) is 46.6 Å². The molecule has 1 amide bonds. The van der Waals surface area contributed by atoms with Crippen LogP contribution in [0.1, 0.15) is 58.8 Å². The van der Waals surface area contributed by atoms with Crippen molar-refractivity contribution in [1.29, 1.82) is 0 Å². The first kappa shape index (κ1) is 16.0. The molecule has 0 aromatic carbocycles. The van der Waals surface area contributed by atoms with Gasteiger partial charge in [0.1, 0.15) is 0 Å². The van der Waals surface area contributed by atoms with Crippen LogP contribution >= 0.6 is 0 Å². The van der Waals surface area contributed by atoms with Gasteiger partial charge in [-0.25, -0.2) is 0 Å². The van der Waals surface area contributed by atoms with E-state index in [-0.39, 0.29) is 11.9 Å². The molecular weight excluding hydrogens is 242 g/mol. The molecule has 1 heterocycles. The van der Waals surface area contributed by atoms with Gasteiger partial charge in [0.15, 0.2) is 0 Å². The Morgan fingerprint density at radius 1 is 1.32 bits per heavy atom. The Morgan fingerprint density at radius 2 is 2.11 bits per heavy atom. The summed E-state index contributed by atoms with van der Waals surface area (Å²) in [4.78, 5) is 25.3. The molecule has 110 valence electrons. The molecule has 4 heteroatoms. The second kappa shape index (κ2) is 8.94. The normalized spacial score (nSPS) is 18.0. The van der Waals surface area contributed by atoms with Gasteiger partial charge in [-0.05, 0) is 32.1 Å². The number of nitrogens with zero attached hydrogens (tertiary/aromatic N) is 1. The zero-order valence-corrected chi connectivity index (χ0v) is 12.3. The van der Waals surface area contributed by atoms with Crippen molar-refractivity contribution >= 4 is 11.9 Å². The highest BCUT2D eigenvalue weighted by atomic mass is 16.5. The Kier molecular flexibility index (Phi) is 7.53. The van der Waals surface area contributed by atoms with Gasteiger partial charge in [0.25, 0.3) is 0 Å². The lowest BCUT2D eigenvalue weighted by Gasteiger charge is -2.25. The fraction of sp³-hybridized carbons (Fsp3) is 0.867. The van der Waals surface area contributed by atoms with Crippen molar-refractivity contribution in [2.45, 2.75) is 58.8 Å². The summed E-state index contributed by atoms with van der Waals surface area (Å²) in [6.07, 6.45) is 6.27. The zero-order valence-electron chi connectivity index (χ0n) is 12.3. The molecule has 0 radical (unpaired) electrons. The van der Waals surface area contributed by atoms with Crippen LogP contribution in [-0.4, -0.2) is 36.5 Å².